The maximum atomic E-state index is 12.6. The minimum absolute atomic E-state index is 0.141. The van der Waals surface area contributed by atoms with Crippen LogP contribution < -0.4 is 5.32 Å². The Morgan fingerprint density at radius 1 is 1.10 bits per heavy atom. The molecule has 8 nitrogen and oxygen atoms in total. The van der Waals surface area contributed by atoms with Crippen LogP contribution in [-0.2, 0) is 22.3 Å². The molecule has 3 aromatic rings. The first-order valence-corrected chi connectivity index (χ1v) is 11.5. The molecule has 9 heteroatoms. The quantitative estimate of drug-likeness (QED) is 0.495. The maximum absolute atomic E-state index is 12.6. The second kappa shape index (κ2) is 8.85. The average Bonchev–Trinajstić information content (AvgIpc) is 3.27. The van der Waals surface area contributed by atoms with Crippen LogP contribution in [0.1, 0.15) is 11.3 Å². The second-order valence-electron chi connectivity index (χ2n) is 7.17. The molecule has 0 bridgehead atoms. The summed E-state index contributed by atoms with van der Waals surface area (Å²) in [4.78, 5) is 6.49. The van der Waals surface area contributed by atoms with E-state index < -0.39 is 10.0 Å². The lowest BCUT2D eigenvalue weighted by atomic mass is 10.0. The van der Waals surface area contributed by atoms with E-state index in [2.05, 4.69) is 50.7 Å². The van der Waals surface area contributed by atoms with Crippen LogP contribution in [0.15, 0.2) is 64.3 Å². The summed E-state index contributed by atoms with van der Waals surface area (Å²) in [6.45, 7) is 2.63. The van der Waals surface area contributed by atoms with Crippen molar-refractivity contribution < 1.29 is 12.9 Å². The molecule has 1 aliphatic heterocycles. The van der Waals surface area contributed by atoms with Crippen molar-refractivity contribution in [3.63, 3.8) is 0 Å². The standard InChI is InChI=1S/C21H25N5O3S/c1-22-21(23-15-18-7-4-6-17-5-2-3-8-20(17)18)25-10-12-26(13-11-25)30(27,28)16-19-9-14-29-24-19/h2-9,14H,10-13,15-16H2,1H3,(H,22,23). The van der Waals surface area contributed by atoms with Gasteiger partial charge in [-0.2, -0.15) is 4.31 Å². The van der Waals surface area contributed by atoms with Crippen LogP contribution in [0.2, 0.25) is 0 Å². The van der Waals surface area contributed by atoms with Gasteiger partial charge in [0.05, 0.1) is 5.69 Å². The fourth-order valence-corrected chi connectivity index (χ4v) is 5.15. The third-order valence-corrected chi connectivity index (χ3v) is 7.09. The number of hydrogen-bond donors (Lipinski definition) is 1. The molecule has 1 fully saturated rings. The Labute approximate surface area is 176 Å². The molecule has 1 aromatic heterocycles. The van der Waals surface area contributed by atoms with Gasteiger partial charge in [-0.3, -0.25) is 4.99 Å². The highest BCUT2D eigenvalue weighted by molar-refractivity contribution is 7.88. The number of nitrogens with zero attached hydrogens (tertiary/aromatic N) is 4. The summed E-state index contributed by atoms with van der Waals surface area (Å²) < 4.78 is 31.5. The summed E-state index contributed by atoms with van der Waals surface area (Å²) in [7, 11) is -1.67. The van der Waals surface area contributed by atoms with Crippen LogP contribution in [0.5, 0.6) is 0 Å². The number of rotatable bonds is 5. The van der Waals surface area contributed by atoms with Crippen molar-refractivity contribution >= 4 is 26.8 Å². The van der Waals surface area contributed by atoms with E-state index in [1.165, 1.54) is 26.9 Å². The van der Waals surface area contributed by atoms with Crippen LogP contribution in [-0.4, -0.2) is 62.0 Å². The second-order valence-corrected chi connectivity index (χ2v) is 9.14. The Morgan fingerprint density at radius 2 is 1.87 bits per heavy atom. The SMILES string of the molecule is CN=C(NCc1cccc2ccccc12)N1CCN(S(=O)(=O)Cc2ccon2)CC1. The fourth-order valence-electron chi connectivity index (χ4n) is 3.72. The van der Waals surface area contributed by atoms with E-state index in [1.54, 1.807) is 13.1 Å². The molecule has 0 spiro atoms. The minimum atomic E-state index is -3.42. The molecular formula is C21H25N5O3S. The molecular weight excluding hydrogens is 402 g/mol. The maximum Gasteiger partial charge on any atom is 0.220 e. The van der Waals surface area contributed by atoms with Gasteiger partial charge in [0.25, 0.3) is 0 Å². The molecule has 30 heavy (non-hydrogen) atoms. The molecule has 0 radical (unpaired) electrons. The zero-order chi connectivity index (χ0) is 21.0. The summed E-state index contributed by atoms with van der Waals surface area (Å²) in [6.07, 6.45) is 1.38. The summed E-state index contributed by atoms with van der Waals surface area (Å²) in [5.74, 6) is 0.633. The average molecular weight is 428 g/mol. The van der Waals surface area contributed by atoms with Gasteiger partial charge in [0.2, 0.25) is 10.0 Å². The highest BCUT2D eigenvalue weighted by Crippen LogP contribution is 2.18. The van der Waals surface area contributed by atoms with Gasteiger partial charge in [-0.05, 0) is 16.3 Å². The van der Waals surface area contributed by atoms with Crippen molar-refractivity contribution in [3.8, 4) is 0 Å². The molecule has 4 rings (SSSR count). The highest BCUT2D eigenvalue weighted by atomic mass is 32.2. The highest BCUT2D eigenvalue weighted by Gasteiger charge is 2.29. The summed E-state index contributed by atoms with van der Waals surface area (Å²) in [5.41, 5.74) is 1.62. The van der Waals surface area contributed by atoms with Crippen LogP contribution in [0.3, 0.4) is 0 Å². The lowest BCUT2D eigenvalue weighted by molar-refractivity contribution is 0.259. The molecule has 158 valence electrons. The first kappa shape index (κ1) is 20.4. The van der Waals surface area contributed by atoms with Crippen LogP contribution in [0.4, 0.5) is 0 Å². The number of guanidine groups is 1. The predicted octanol–water partition coefficient (Wildman–Crippen LogP) is 2.05. The van der Waals surface area contributed by atoms with Crippen LogP contribution in [0.25, 0.3) is 10.8 Å². The Kier molecular flexibility index (Phi) is 6.01. The van der Waals surface area contributed by atoms with Gasteiger partial charge in [0.1, 0.15) is 12.0 Å². The first-order valence-electron chi connectivity index (χ1n) is 9.86. The fraction of sp³-hybridized carbons (Fsp3) is 0.333. The molecule has 0 amide bonds. The van der Waals surface area contributed by atoms with Crippen molar-refractivity contribution in [2.45, 2.75) is 12.3 Å². The van der Waals surface area contributed by atoms with Crippen molar-refractivity contribution in [2.75, 3.05) is 33.2 Å². The number of hydrogen-bond acceptors (Lipinski definition) is 5. The molecule has 1 aliphatic rings. The topological polar surface area (TPSA) is 91.0 Å². The van der Waals surface area contributed by atoms with Crippen molar-refractivity contribution in [1.29, 1.82) is 0 Å². The van der Waals surface area contributed by atoms with E-state index in [1.807, 2.05) is 12.1 Å². The summed E-state index contributed by atoms with van der Waals surface area (Å²) >= 11 is 0. The number of aliphatic imine (C=N–C) groups is 1. The smallest absolute Gasteiger partial charge is 0.220 e. The molecule has 1 saturated heterocycles. The van der Waals surface area contributed by atoms with Gasteiger partial charge in [0, 0.05) is 45.8 Å². The van der Waals surface area contributed by atoms with E-state index in [0.717, 1.165) is 5.96 Å². The van der Waals surface area contributed by atoms with E-state index in [4.69, 9.17) is 4.52 Å². The first-order chi connectivity index (χ1) is 14.6. The minimum Gasteiger partial charge on any atom is -0.364 e. The third-order valence-electron chi connectivity index (χ3n) is 5.28. The Morgan fingerprint density at radius 3 is 2.60 bits per heavy atom. The lowest BCUT2D eigenvalue weighted by Gasteiger charge is -2.35. The van der Waals surface area contributed by atoms with Gasteiger partial charge in [-0.1, -0.05) is 47.6 Å². The number of sulfonamides is 1. The predicted molar refractivity (Wildman–Crippen MR) is 116 cm³/mol. The Hall–Kier alpha value is -2.91. The lowest BCUT2D eigenvalue weighted by Crippen LogP contribution is -2.53. The summed E-state index contributed by atoms with van der Waals surface area (Å²) in [5, 5.41) is 9.55. The van der Waals surface area contributed by atoms with Gasteiger partial charge in [-0.15, -0.1) is 0 Å². The number of fused-ring (bicyclic) bond motifs is 1. The van der Waals surface area contributed by atoms with Crippen molar-refractivity contribution in [1.82, 2.24) is 19.7 Å². The molecule has 0 atom stereocenters. The van der Waals surface area contributed by atoms with Crippen molar-refractivity contribution in [2.24, 2.45) is 4.99 Å². The van der Waals surface area contributed by atoms with Gasteiger partial charge in [-0.25, -0.2) is 8.42 Å². The van der Waals surface area contributed by atoms with E-state index in [9.17, 15) is 8.42 Å². The number of aromatic nitrogens is 1. The molecule has 0 aliphatic carbocycles. The molecule has 0 saturated carbocycles. The van der Waals surface area contributed by atoms with Crippen LogP contribution >= 0.6 is 0 Å². The van der Waals surface area contributed by atoms with E-state index >= 15 is 0 Å². The Bertz CT molecular complexity index is 1120. The van der Waals surface area contributed by atoms with Crippen LogP contribution in [0, 0.1) is 0 Å². The number of benzene rings is 2. The van der Waals surface area contributed by atoms with Gasteiger partial charge < -0.3 is 14.7 Å². The molecule has 2 aromatic carbocycles. The number of nitrogens with one attached hydrogen (secondary N) is 1. The zero-order valence-electron chi connectivity index (χ0n) is 16.9. The normalized spacial score (nSPS) is 16.2. The van der Waals surface area contributed by atoms with E-state index in [0.29, 0.717) is 38.4 Å². The van der Waals surface area contributed by atoms with Crippen molar-refractivity contribution in [3.05, 3.63) is 66.1 Å². The van der Waals surface area contributed by atoms with Gasteiger partial charge in [0.15, 0.2) is 5.96 Å². The summed E-state index contributed by atoms with van der Waals surface area (Å²) in [6, 6.07) is 16.1. The van der Waals surface area contributed by atoms with Gasteiger partial charge >= 0.3 is 0 Å². The third kappa shape index (κ3) is 4.47. The molecule has 0 unspecified atom stereocenters. The Balaban J connectivity index is 1.36. The molecule has 2 heterocycles. The zero-order valence-corrected chi connectivity index (χ0v) is 17.7. The molecule has 1 N–H and O–H groups in total. The van der Waals surface area contributed by atoms with E-state index in [-0.39, 0.29) is 5.75 Å². The number of piperazine rings is 1. The monoisotopic (exact) mass is 427 g/mol. The largest absolute Gasteiger partial charge is 0.364 e.